The number of nitrogens with zero attached hydrogens (tertiary/aromatic N) is 1. The lowest BCUT2D eigenvalue weighted by Crippen LogP contribution is -2.30. The molecule has 0 bridgehead atoms. The molecule has 2 heterocycles. The van der Waals surface area contributed by atoms with E-state index < -0.39 is 0 Å². The van der Waals surface area contributed by atoms with Gasteiger partial charge in [-0.3, -0.25) is 4.79 Å². The maximum absolute atomic E-state index is 13.9. The molecule has 0 N–H and O–H groups in total. The van der Waals surface area contributed by atoms with Gasteiger partial charge in [-0.2, -0.15) is 0 Å². The van der Waals surface area contributed by atoms with Crippen LogP contribution in [0.5, 0.6) is 0 Å². The highest BCUT2D eigenvalue weighted by Gasteiger charge is 2.19. The summed E-state index contributed by atoms with van der Waals surface area (Å²) in [4.78, 5) is 14.0. The van der Waals surface area contributed by atoms with Crippen LogP contribution in [0.1, 0.15) is 20.8 Å². The molecule has 0 atom stereocenters. The van der Waals surface area contributed by atoms with Crippen molar-refractivity contribution in [1.29, 1.82) is 0 Å². The molecule has 4 heteroatoms. The van der Waals surface area contributed by atoms with Gasteiger partial charge in [0, 0.05) is 23.5 Å². The lowest BCUT2D eigenvalue weighted by molar-refractivity contribution is 0.112. The number of benzene rings is 1. The second-order valence-electron chi connectivity index (χ2n) is 4.37. The number of aldehydes is 1. The minimum absolute atomic E-state index is 0.321. The van der Waals surface area contributed by atoms with Crippen molar-refractivity contribution in [3.05, 3.63) is 51.5 Å². The Balaban J connectivity index is 1.90. The smallest absolute Gasteiger partial charge is 0.150 e. The van der Waals surface area contributed by atoms with Gasteiger partial charge in [-0.25, -0.2) is 4.39 Å². The van der Waals surface area contributed by atoms with Crippen molar-refractivity contribution in [2.45, 2.75) is 13.0 Å². The summed E-state index contributed by atoms with van der Waals surface area (Å²) < 4.78 is 13.9. The van der Waals surface area contributed by atoms with Crippen molar-refractivity contribution >= 4 is 23.3 Å². The van der Waals surface area contributed by atoms with Crippen LogP contribution in [-0.4, -0.2) is 12.8 Å². The second kappa shape index (κ2) is 4.53. The molecule has 2 nitrogen and oxygen atoms in total. The maximum Gasteiger partial charge on any atom is 0.150 e. The van der Waals surface area contributed by atoms with Gasteiger partial charge < -0.3 is 4.90 Å². The fraction of sp³-hybridized carbons (Fsp3) is 0.214. The molecule has 2 aromatic rings. The molecular weight excluding hydrogens is 249 g/mol. The van der Waals surface area contributed by atoms with Gasteiger partial charge in [-0.05, 0) is 41.6 Å². The molecule has 0 fully saturated rings. The third-order valence-electron chi connectivity index (χ3n) is 3.26. The van der Waals surface area contributed by atoms with Gasteiger partial charge in [-0.15, -0.1) is 11.3 Å². The zero-order chi connectivity index (χ0) is 12.5. The molecule has 0 radical (unpaired) electrons. The van der Waals surface area contributed by atoms with Crippen molar-refractivity contribution < 1.29 is 9.18 Å². The number of anilines is 1. The van der Waals surface area contributed by atoms with Crippen LogP contribution in [0.3, 0.4) is 0 Å². The van der Waals surface area contributed by atoms with E-state index in [0.717, 1.165) is 19.5 Å². The molecule has 0 aliphatic carbocycles. The Labute approximate surface area is 109 Å². The Hall–Kier alpha value is -1.68. The molecule has 0 unspecified atom stereocenters. The van der Waals surface area contributed by atoms with Crippen LogP contribution < -0.4 is 4.90 Å². The molecule has 3 rings (SSSR count). The van der Waals surface area contributed by atoms with Crippen molar-refractivity contribution in [2.75, 3.05) is 11.4 Å². The predicted octanol–water partition coefficient (Wildman–Crippen LogP) is 3.26. The predicted molar refractivity (Wildman–Crippen MR) is 70.9 cm³/mol. The average molecular weight is 261 g/mol. The summed E-state index contributed by atoms with van der Waals surface area (Å²) in [5.74, 6) is -0.321. The minimum atomic E-state index is -0.321. The highest BCUT2D eigenvalue weighted by molar-refractivity contribution is 7.10. The number of carbonyl (C=O) groups is 1. The van der Waals surface area contributed by atoms with E-state index in [-0.39, 0.29) is 5.82 Å². The first kappa shape index (κ1) is 11.4. The molecular formula is C14H12FNOS. The van der Waals surface area contributed by atoms with E-state index in [1.807, 2.05) is 4.90 Å². The fourth-order valence-corrected chi connectivity index (χ4v) is 3.20. The summed E-state index contributed by atoms with van der Waals surface area (Å²) in [5.41, 5.74) is 2.24. The van der Waals surface area contributed by atoms with Gasteiger partial charge in [-0.1, -0.05) is 0 Å². The molecule has 1 aromatic heterocycles. The van der Waals surface area contributed by atoms with Gasteiger partial charge in [0.05, 0.1) is 5.69 Å². The lowest BCUT2D eigenvalue weighted by Gasteiger charge is -2.29. The normalized spacial score (nSPS) is 14.4. The van der Waals surface area contributed by atoms with E-state index in [1.54, 1.807) is 23.5 Å². The zero-order valence-electron chi connectivity index (χ0n) is 9.73. The Morgan fingerprint density at radius 3 is 3.00 bits per heavy atom. The van der Waals surface area contributed by atoms with Crippen LogP contribution in [0.4, 0.5) is 10.1 Å². The molecule has 92 valence electrons. The molecule has 1 aliphatic heterocycles. The SMILES string of the molecule is O=Cc1ccc(N2CCc3sccc3C2)c(F)c1. The first-order valence-corrected chi connectivity index (χ1v) is 6.71. The van der Waals surface area contributed by atoms with Crippen molar-refractivity contribution in [3.63, 3.8) is 0 Å². The third kappa shape index (κ3) is 1.93. The van der Waals surface area contributed by atoms with Crippen LogP contribution >= 0.6 is 11.3 Å². The van der Waals surface area contributed by atoms with Crippen molar-refractivity contribution in [1.82, 2.24) is 0 Å². The number of rotatable bonds is 2. The number of hydrogen-bond acceptors (Lipinski definition) is 3. The molecule has 0 saturated heterocycles. The molecule has 0 spiro atoms. The van der Waals surface area contributed by atoms with Gasteiger partial charge in [0.15, 0.2) is 0 Å². The van der Waals surface area contributed by atoms with E-state index in [2.05, 4.69) is 11.4 Å². The zero-order valence-corrected chi connectivity index (χ0v) is 10.5. The van der Waals surface area contributed by atoms with E-state index >= 15 is 0 Å². The summed E-state index contributed by atoms with van der Waals surface area (Å²) in [6.07, 6.45) is 1.63. The van der Waals surface area contributed by atoms with Gasteiger partial charge in [0.2, 0.25) is 0 Å². The maximum atomic E-state index is 13.9. The lowest BCUT2D eigenvalue weighted by atomic mass is 10.1. The van der Waals surface area contributed by atoms with Crippen molar-refractivity contribution in [2.24, 2.45) is 0 Å². The molecule has 0 amide bonds. The topological polar surface area (TPSA) is 20.3 Å². The van der Waals surface area contributed by atoms with E-state index in [1.165, 1.54) is 16.5 Å². The summed E-state index contributed by atoms with van der Waals surface area (Å²) in [5, 5.41) is 2.08. The van der Waals surface area contributed by atoms with E-state index in [4.69, 9.17) is 0 Å². The minimum Gasteiger partial charge on any atom is -0.364 e. The summed E-state index contributed by atoms with van der Waals surface area (Å²) in [6, 6.07) is 6.75. The van der Waals surface area contributed by atoms with Crippen LogP contribution in [-0.2, 0) is 13.0 Å². The largest absolute Gasteiger partial charge is 0.364 e. The van der Waals surface area contributed by atoms with E-state index in [0.29, 0.717) is 17.5 Å². The van der Waals surface area contributed by atoms with Crippen LogP contribution in [0.15, 0.2) is 29.6 Å². The van der Waals surface area contributed by atoms with Crippen LogP contribution in [0, 0.1) is 5.82 Å². The fourth-order valence-electron chi connectivity index (χ4n) is 2.31. The Morgan fingerprint density at radius 2 is 2.22 bits per heavy atom. The van der Waals surface area contributed by atoms with Gasteiger partial charge >= 0.3 is 0 Å². The van der Waals surface area contributed by atoms with Crippen molar-refractivity contribution in [3.8, 4) is 0 Å². The third-order valence-corrected chi connectivity index (χ3v) is 4.28. The number of hydrogen-bond donors (Lipinski definition) is 0. The molecule has 1 aliphatic rings. The highest BCUT2D eigenvalue weighted by Crippen LogP contribution is 2.29. The Kier molecular flexibility index (Phi) is 2.88. The van der Waals surface area contributed by atoms with Gasteiger partial charge in [0.1, 0.15) is 12.1 Å². The monoisotopic (exact) mass is 261 g/mol. The number of carbonyl (C=O) groups excluding carboxylic acids is 1. The molecule has 0 saturated carbocycles. The standard InChI is InChI=1S/C14H12FNOS/c15-12-7-10(9-17)1-2-13(12)16-5-3-14-11(8-16)4-6-18-14/h1-2,4,6-7,9H,3,5,8H2. The molecule has 1 aromatic carbocycles. The number of halogens is 1. The molecule has 18 heavy (non-hydrogen) atoms. The summed E-state index contributed by atoms with van der Waals surface area (Å²) in [7, 11) is 0. The van der Waals surface area contributed by atoms with Gasteiger partial charge in [0.25, 0.3) is 0 Å². The van der Waals surface area contributed by atoms with Crippen LogP contribution in [0.25, 0.3) is 0 Å². The number of fused-ring (bicyclic) bond motifs is 1. The second-order valence-corrected chi connectivity index (χ2v) is 5.37. The Bertz CT molecular complexity index is 593. The van der Waals surface area contributed by atoms with E-state index in [9.17, 15) is 9.18 Å². The first-order chi connectivity index (χ1) is 8.78. The quantitative estimate of drug-likeness (QED) is 0.773. The first-order valence-electron chi connectivity index (χ1n) is 5.83. The Morgan fingerprint density at radius 1 is 1.33 bits per heavy atom. The summed E-state index contributed by atoms with van der Waals surface area (Å²) >= 11 is 1.77. The highest BCUT2D eigenvalue weighted by atomic mass is 32.1. The van der Waals surface area contributed by atoms with Crippen LogP contribution in [0.2, 0.25) is 0 Å². The average Bonchev–Trinajstić information content (AvgIpc) is 2.85. The number of thiophene rings is 1. The summed E-state index contributed by atoms with van der Waals surface area (Å²) in [6.45, 7) is 1.57.